The highest BCUT2D eigenvalue weighted by Gasteiger charge is 2.03. The Bertz CT molecular complexity index is 73.3. The van der Waals surface area contributed by atoms with E-state index in [0.29, 0.717) is 0 Å². The van der Waals surface area contributed by atoms with Gasteiger partial charge in [0.2, 0.25) is 0 Å². The van der Waals surface area contributed by atoms with Crippen molar-refractivity contribution in [1.29, 1.82) is 0 Å². The van der Waals surface area contributed by atoms with Crippen LogP contribution in [0.2, 0.25) is 0 Å². The van der Waals surface area contributed by atoms with Crippen LogP contribution in [-0.2, 0) is 4.79 Å². The zero-order chi connectivity index (χ0) is 5.86. The van der Waals surface area contributed by atoms with Crippen molar-refractivity contribution in [3.63, 3.8) is 0 Å². The van der Waals surface area contributed by atoms with Crippen molar-refractivity contribution in [3.8, 4) is 0 Å². The maximum absolute atomic E-state index is 10.1. The number of carbonyl (C=O) groups is 1. The lowest BCUT2D eigenvalue weighted by molar-refractivity contribution is -0.125. The lowest BCUT2D eigenvalue weighted by atomic mass is 10.4. The molecule has 0 aromatic rings. The van der Waals surface area contributed by atoms with Gasteiger partial charge >= 0.3 is 0 Å². The van der Waals surface area contributed by atoms with Gasteiger partial charge in [-0.1, -0.05) is 0 Å². The zero-order valence-electron chi connectivity index (χ0n) is 3.81. The summed E-state index contributed by atoms with van der Waals surface area (Å²) in [6.07, 6.45) is -0.892. The molecule has 2 N–H and O–H groups in total. The van der Waals surface area contributed by atoms with Crippen LogP contribution in [0.15, 0.2) is 0 Å². The molecule has 0 saturated heterocycles. The molecule has 0 bridgehead atoms. The van der Waals surface area contributed by atoms with Crippen LogP contribution in [0.25, 0.3) is 0 Å². The molecule has 7 heavy (non-hydrogen) atoms. The molecule has 1 atom stereocenters. The van der Waals surface area contributed by atoms with Crippen LogP contribution in [0.5, 0.6) is 0 Å². The summed E-state index contributed by atoms with van der Waals surface area (Å²) in [5, 5.41) is 8.40. The minimum absolute atomic E-state index is 0.361. The molecule has 0 aromatic heterocycles. The molecule has 0 radical (unpaired) electrons. The molecule has 1 amide bonds. The van der Waals surface area contributed by atoms with Gasteiger partial charge in [-0.15, -0.1) is 0 Å². The lowest BCUT2D eigenvalue weighted by Gasteiger charge is -1.96. The number of nitrogens with one attached hydrogen (secondary N) is 1. The second-order valence-electron chi connectivity index (χ2n) is 1.13. The Morgan fingerprint density at radius 1 is 2.00 bits per heavy atom. The standard InChI is InChI=1S/C3H6INO2/c1-2(6)3(7)5-4/h2,6H,1H3,(H,5,7)/t2-/m1/s1. The second kappa shape index (κ2) is 3.20. The van der Waals surface area contributed by atoms with Crippen molar-refractivity contribution in [2.75, 3.05) is 0 Å². The molecule has 3 nitrogen and oxygen atoms in total. The van der Waals surface area contributed by atoms with Crippen molar-refractivity contribution in [2.45, 2.75) is 13.0 Å². The Balaban J connectivity index is 3.35. The number of hydrogen-bond acceptors (Lipinski definition) is 2. The molecule has 0 unspecified atom stereocenters. The van der Waals surface area contributed by atoms with Gasteiger partial charge in [0.15, 0.2) is 0 Å². The summed E-state index contributed by atoms with van der Waals surface area (Å²) in [7, 11) is 0. The van der Waals surface area contributed by atoms with Crippen molar-refractivity contribution >= 4 is 28.8 Å². The van der Waals surface area contributed by atoms with E-state index in [0.717, 1.165) is 0 Å². The third-order valence-corrected chi connectivity index (χ3v) is 1.00. The largest absolute Gasteiger partial charge is 0.384 e. The Labute approximate surface area is 55.6 Å². The number of hydrogen-bond donors (Lipinski definition) is 2. The van der Waals surface area contributed by atoms with Gasteiger partial charge in [-0.25, -0.2) is 0 Å². The predicted octanol–water partition coefficient (Wildman–Crippen LogP) is -0.167. The number of halogens is 1. The van der Waals surface area contributed by atoms with Crippen molar-refractivity contribution in [1.82, 2.24) is 3.53 Å². The maximum atomic E-state index is 10.1. The monoisotopic (exact) mass is 215 g/mol. The number of rotatable bonds is 1. The summed E-state index contributed by atoms with van der Waals surface area (Å²) in [4.78, 5) is 10.1. The third kappa shape index (κ3) is 2.81. The fourth-order valence-corrected chi connectivity index (χ4v) is 0.530. The molecule has 0 spiro atoms. The van der Waals surface area contributed by atoms with Gasteiger partial charge in [0.05, 0.1) is 22.9 Å². The predicted molar refractivity (Wildman–Crippen MR) is 33.8 cm³/mol. The first-order valence-corrected chi connectivity index (χ1v) is 2.85. The van der Waals surface area contributed by atoms with Gasteiger partial charge in [0.1, 0.15) is 6.10 Å². The Hall–Kier alpha value is 0.160. The van der Waals surface area contributed by atoms with E-state index in [4.69, 9.17) is 5.11 Å². The fraction of sp³-hybridized carbons (Fsp3) is 0.667. The number of carbonyl (C=O) groups excluding carboxylic acids is 1. The Morgan fingerprint density at radius 3 is 2.43 bits per heavy atom. The fourth-order valence-electron chi connectivity index (χ4n) is 0.0790. The molecule has 0 aliphatic rings. The first-order chi connectivity index (χ1) is 3.18. The summed E-state index contributed by atoms with van der Waals surface area (Å²) >= 11 is 1.67. The molecule has 0 rings (SSSR count). The first-order valence-electron chi connectivity index (χ1n) is 1.77. The number of amides is 1. The van der Waals surface area contributed by atoms with E-state index in [9.17, 15) is 4.79 Å². The van der Waals surface area contributed by atoms with Gasteiger partial charge in [0.25, 0.3) is 5.91 Å². The van der Waals surface area contributed by atoms with E-state index in [2.05, 4.69) is 3.53 Å². The van der Waals surface area contributed by atoms with Gasteiger partial charge in [-0.2, -0.15) is 0 Å². The van der Waals surface area contributed by atoms with Crippen LogP contribution in [0, 0.1) is 0 Å². The van der Waals surface area contributed by atoms with Gasteiger partial charge in [-0.3, -0.25) is 8.32 Å². The maximum Gasteiger partial charge on any atom is 0.257 e. The second-order valence-corrected chi connectivity index (χ2v) is 1.67. The average Bonchev–Trinajstić information content (AvgIpc) is 1.65. The van der Waals surface area contributed by atoms with Crippen LogP contribution >= 0.6 is 22.9 Å². The molecule has 0 aliphatic heterocycles. The molecule has 0 fully saturated rings. The van der Waals surface area contributed by atoms with Gasteiger partial charge in [-0.05, 0) is 6.92 Å². The molecular weight excluding hydrogens is 209 g/mol. The minimum Gasteiger partial charge on any atom is -0.384 e. The van der Waals surface area contributed by atoms with Crippen molar-refractivity contribution in [3.05, 3.63) is 0 Å². The molecule has 42 valence electrons. The third-order valence-electron chi connectivity index (χ3n) is 0.473. The van der Waals surface area contributed by atoms with Crippen LogP contribution in [0.1, 0.15) is 6.92 Å². The zero-order valence-corrected chi connectivity index (χ0v) is 5.97. The normalized spacial score (nSPS) is 13.0. The molecule has 0 saturated carbocycles. The molecule has 4 heteroatoms. The van der Waals surface area contributed by atoms with Crippen molar-refractivity contribution < 1.29 is 9.90 Å². The van der Waals surface area contributed by atoms with Crippen LogP contribution < -0.4 is 3.53 Å². The molecule has 0 heterocycles. The number of aliphatic hydroxyl groups is 1. The molecule has 0 aliphatic carbocycles. The van der Waals surface area contributed by atoms with E-state index >= 15 is 0 Å². The summed E-state index contributed by atoms with van der Waals surface area (Å²) < 4.78 is 2.25. The van der Waals surface area contributed by atoms with E-state index in [-0.39, 0.29) is 5.91 Å². The summed E-state index contributed by atoms with van der Waals surface area (Å²) in [5.74, 6) is -0.361. The minimum atomic E-state index is -0.892. The lowest BCUT2D eigenvalue weighted by Crippen LogP contribution is -2.24. The summed E-state index contributed by atoms with van der Waals surface area (Å²) in [6, 6.07) is 0. The number of aliphatic hydroxyl groups excluding tert-OH is 1. The van der Waals surface area contributed by atoms with Gasteiger partial charge < -0.3 is 5.11 Å². The van der Waals surface area contributed by atoms with E-state index in [1.54, 1.807) is 22.9 Å². The smallest absolute Gasteiger partial charge is 0.257 e. The van der Waals surface area contributed by atoms with Crippen LogP contribution in [0.3, 0.4) is 0 Å². The van der Waals surface area contributed by atoms with Crippen LogP contribution in [0.4, 0.5) is 0 Å². The molecular formula is C3H6INO2. The van der Waals surface area contributed by atoms with E-state index in [1.165, 1.54) is 6.92 Å². The average molecular weight is 215 g/mol. The Kier molecular flexibility index (Phi) is 3.27. The summed E-state index contributed by atoms with van der Waals surface area (Å²) in [5.41, 5.74) is 0. The molecule has 0 aromatic carbocycles. The Morgan fingerprint density at radius 2 is 2.43 bits per heavy atom. The van der Waals surface area contributed by atoms with Crippen LogP contribution in [-0.4, -0.2) is 17.1 Å². The van der Waals surface area contributed by atoms with Crippen molar-refractivity contribution in [2.24, 2.45) is 0 Å². The van der Waals surface area contributed by atoms with E-state index < -0.39 is 6.10 Å². The topological polar surface area (TPSA) is 49.3 Å². The highest BCUT2D eigenvalue weighted by Crippen LogP contribution is 1.80. The quantitative estimate of drug-likeness (QED) is 0.471. The van der Waals surface area contributed by atoms with Gasteiger partial charge in [0, 0.05) is 0 Å². The highest BCUT2D eigenvalue weighted by molar-refractivity contribution is 14.1. The SMILES string of the molecule is C[C@@H](O)C(=O)NI. The highest BCUT2D eigenvalue weighted by atomic mass is 127. The van der Waals surface area contributed by atoms with E-state index in [1.807, 2.05) is 0 Å². The summed E-state index contributed by atoms with van der Waals surface area (Å²) in [6.45, 7) is 1.41. The first kappa shape index (κ1) is 7.16.